The minimum Gasteiger partial charge on any atom is -0.396 e. The molecule has 146 valence electrons. The summed E-state index contributed by atoms with van der Waals surface area (Å²) < 4.78 is 0. The van der Waals surface area contributed by atoms with E-state index in [1.54, 1.807) is 0 Å². The molecule has 1 fully saturated rings. The molecule has 0 spiro atoms. The van der Waals surface area contributed by atoms with Gasteiger partial charge in [-0.1, -0.05) is 67.6 Å². The molecule has 1 unspecified atom stereocenters. The summed E-state index contributed by atoms with van der Waals surface area (Å²) in [6.07, 6.45) is 5.01. The second kappa shape index (κ2) is 9.50. The molecule has 1 aliphatic heterocycles. The first-order valence-electron chi connectivity index (χ1n) is 10.4. The van der Waals surface area contributed by atoms with Crippen LogP contribution in [0.2, 0.25) is 0 Å². The zero-order valence-corrected chi connectivity index (χ0v) is 16.4. The quantitative estimate of drug-likeness (QED) is 0.735. The molecule has 0 aliphatic carbocycles. The smallest absolute Gasteiger partial charge is 0.117 e. The maximum absolute atomic E-state index is 12.0. The second-order valence-electron chi connectivity index (χ2n) is 7.74. The highest BCUT2D eigenvalue weighted by molar-refractivity contribution is 5.37. The van der Waals surface area contributed by atoms with E-state index in [-0.39, 0.29) is 12.5 Å². The van der Waals surface area contributed by atoms with Gasteiger partial charge in [-0.25, -0.2) is 0 Å². The second-order valence-corrected chi connectivity index (χ2v) is 7.74. The molecule has 1 saturated heterocycles. The molecular weight excluding hydrogens is 334 g/mol. The van der Waals surface area contributed by atoms with Crippen molar-refractivity contribution in [3.63, 3.8) is 0 Å². The van der Waals surface area contributed by atoms with Crippen molar-refractivity contribution in [3.8, 4) is 0 Å². The maximum Gasteiger partial charge on any atom is 0.117 e. The van der Waals surface area contributed by atoms with Crippen LogP contribution in [0.4, 0.5) is 0 Å². The van der Waals surface area contributed by atoms with E-state index in [1.165, 1.54) is 0 Å². The predicted octanol–water partition coefficient (Wildman–Crippen LogP) is 4.19. The third-order valence-electron chi connectivity index (χ3n) is 6.23. The van der Waals surface area contributed by atoms with E-state index >= 15 is 0 Å². The zero-order valence-electron chi connectivity index (χ0n) is 16.4. The molecule has 0 bridgehead atoms. The lowest BCUT2D eigenvalue weighted by Gasteiger charge is -2.44. The lowest BCUT2D eigenvalue weighted by atomic mass is 9.72. The number of aliphatic hydroxyl groups is 2. The molecule has 0 saturated carbocycles. The number of nitrogens with zero attached hydrogens (tertiary/aromatic N) is 1. The minimum absolute atomic E-state index is 0.203. The Morgan fingerprint density at radius 3 is 1.93 bits per heavy atom. The number of piperidine rings is 1. The molecule has 3 rings (SSSR count). The Labute approximate surface area is 163 Å². The van der Waals surface area contributed by atoms with Gasteiger partial charge < -0.3 is 15.1 Å². The van der Waals surface area contributed by atoms with Crippen molar-refractivity contribution in [2.45, 2.75) is 50.7 Å². The lowest BCUT2D eigenvalue weighted by molar-refractivity contribution is -0.0216. The Morgan fingerprint density at radius 1 is 0.963 bits per heavy atom. The molecule has 2 aromatic rings. The van der Waals surface area contributed by atoms with Crippen LogP contribution in [0, 0.1) is 5.92 Å². The van der Waals surface area contributed by atoms with Crippen molar-refractivity contribution in [2.24, 2.45) is 5.92 Å². The Morgan fingerprint density at radius 2 is 1.48 bits per heavy atom. The molecule has 3 nitrogen and oxygen atoms in total. The molecule has 2 aromatic carbocycles. The third kappa shape index (κ3) is 4.43. The van der Waals surface area contributed by atoms with E-state index in [2.05, 4.69) is 36.1 Å². The summed E-state index contributed by atoms with van der Waals surface area (Å²) in [5.41, 5.74) is 1.03. The van der Waals surface area contributed by atoms with Gasteiger partial charge in [-0.15, -0.1) is 0 Å². The Kier molecular flexibility index (Phi) is 7.06. The summed E-state index contributed by atoms with van der Waals surface area (Å²) in [4.78, 5) is 2.56. The zero-order chi connectivity index (χ0) is 19.1. The van der Waals surface area contributed by atoms with Crippen LogP contribution in [0.15, 0.2) is 60.7 Å². The van der Waals surface area contributed by atoms with E-state index < -0.39 is 5.60 Å². The van der Waals surface area contributed by atoms with E-state index in [0.29, 0.717) is 6.04 Å². The number of aliphatic hydroxyl groups excluding tert-OH is 1. The topological polar surface area (TPSA) is 43.7 Å². The van der Waals surface area contributed by atoms with Crippen LogP contribution in [-0.2, 0) is 5.60 Å². The highest BCUT2D eigenvalue weighted by atomic mass is 16.3. The van der Waals surface area contributed by atoms with Crippen molar-refractivity contribution < 1.29 is 10.2 Å². The van der Waals surface area contributed by atoms with Crippen molar-refractivity contribution in [1.29, 1.82) is 0 Å². The molecule has 0 amide bonds. The van der Waals surface area contributed by atoms with Crippen LogP contribution in [0.25, 0.3) is 0 Å². The Balaban J connectivity index is 1.80. The number of hydrogen-bond acceptors (Lipinski definition) is 3. The van der Waals surface area contributed by atoms with E-state index in [9.17, 15) is 5.11 Å². The maximum atomic E-state index is 12.0. The van der Waals surface area contributed by atoms with Crippen LogP contribution < -0.4 is 0 Å². The van der Waals surface area contributed by atoms with Gasteiger partial charge in [0.05, 0.1) is 0 Å². The third-order valence-corrected chi connectivity index (χ3v) is 6.23. The molecular formula is C24H33NO2. The SMILES string of the molecule is CCC(CCCO)N1CCC(C(O)(c2ccccc2)c2ccccc2)CC1. The lowest BCUT2D eigenvalue weighted by Crippen LogP contribution is -2.47. The van der Waals surface area contributed by atoms with E-state index in [4.69, 9.17) is 5.11 Å². The monoisotopic (exact) mass is 367 g/mol. The fraction of sp³-hybridized carbons (Fsp3) is 0.500. The molecule has 1 heterocycles. The summed E-state index contributed by atoms with van der Waals surface area (Å²) in [6.45, 7) is 4.53. The van der Waals surface area contributed by atoms with Gasteiger partial charge in [-0.2, -0.15) is 0 Å². The van der Waals surface area contributed by atoms with Crippen molar-refractivity contribution >= 4 is 0 Å². The summed E-state index contributed by atoms with van der Waals surface area (Å²) in [7, 11) is 0. The van der Waals surface area contributed by atoms with Gasteiger partial charge in [0, 0.05) is 12.6 Å². The molecule has 0 aromatic heterocycles. The molecule has 3 heteroatoms. The number of hydrogen-bond donors (Lipinski definition) is 2. The summed E-state index contributed by atoms with van der Waals surface area (Å²) >= 11 is 0. The number of benzene rings is 2. The fourth-order valence-corrected chi connectivity index (χ4v) is 4.68. The van der Waals surface area contributed by atoms with Gasteiger partial charge in [0.1, 0.15) is 5.60 Å². The van der Waals surface area contributed by atoms with Crippen molar-refractivity contribution in [1.82, 2.24) is 4.90 Å². The van der Waals surface area contributed by atoms with E-state index in [0.717, 1.165) is 56.3 Å². The van der Waals surface area contributed by atoms with Crippen LogP contribution in [-0.4, -0.2) is 40.9 Å². The number of likely N-dealkylation sites (tertiary alicyclic amines) is 1. The summed E-state index contributed by atoms with van der Waals surface area (Å²) in [6, 6.07) is 20.8. The normalized spacial score (nSPS) is 17.7. The highest BCUT2D eigenvalue weighted by Crippen LogP contribution is 2.42. The standard InChI is InChI=1S/C24H33NO2/c1-2-23(14-9-19-26)25-17-15-22(16-18-25)24(27,20-10-5-3-6-11-20)21-12-7-4-8-13-21/h3-8,10-13,22-23,26-27H,2,9,14-19H2,1H3. The average molecular weight is 368 g/mol. The van der Waals surface area contributed by atoms with Gasteiger partial charge in [0.25, 0.3) is 0 Å². The summed E-state index contributed by atoms with van der Waals surface area (Å²) in [5.74, 6) is 0.203. The first-order valence-corrected chi connectivity index (χ1v) is 10.4. The van der Waals surface area contributed by atoms with Gasteiger partial charge in [-0.3, -0.25) is 0 Å². The molecule has 1 aliphatic rings. The summed E-state index contributed by atoms with van der Waals surface area (Å²) in [5, 5.41) is 21.1. The van der Waals surface area contributed by atoms with Gasteiger partial charge >= 0.3 is 0 Å². The average Bonchev–Trinajstić information content (AvgIpc) is 2.75. The molecule has 1 atom stereocenters. The fourth-order valence-electron chi connectivity index (χ4n) is 4.68. The van der Waals surface area contributed by atoms with Gasteiger partial charge in [0.15, 0.2) is 0 Å². The Bertz CT molecular complexity index is 626. The van der Waals surface area contributed by atoms with Crippen molar-refractivity contribution in [2.75, 3.05) is 19.7 Å². The molecule has 0 radical (unpaired) electrons. The van der Waals surface area contributed by atoms with Gasteiger partial charge in [-0.05, 0) is 62.2 Å². The van der Waals surface area contributed by atoms with Crippen LogP contribution in [0.1, 0.15) is 50.2 Å². The van der Waals surface area contributed by atoms with Crippen LogP contribution in [0.3, 0.4) is 0 Å². The number of rotatable bonds is 8. The Hall–Kier alpha value is -1.68. The minimum atomic E-state index is -0.943. The first kappa shape index (κ1) is 20.1. The largest absolute Gasteiger partial charge is 0.396 e. The van der Waals surface area contributed by atoms with Crippen LogP contribution >= 0.6 is 0 Å². The van der Waals surface area contributed by atoms with Gasteiger partial charge in [0.2, 0.25) is 0 Å². The van der Waals surface area contributed by atoms with Crippen molar-refractivity contribution in [3.05, 3.63) is 71.8 Å². The highest BCUT2D eigenvalue weighted by Gasteiger charge is 2.41. The molecule has 2 N–H and O–H groups in total. The van der Waals surface area contributed by atoms with Crippen LogP contribution in [0.5, 0.6) is 0 Å². The first-order chi connectivity index (χ1) is 13.2. The molecule has 27 heavy (non-hydrogen) atoms. The predicted molar refractivity (Wildman–Crippen MR) is 111 cm³/mol. The van der Waals surface area contributed by atoms with E-state index in [1.807, 2.05) is 36.4 Å².